The van der Waals surface area contributed by atoms with E-state index in [2.05, 4.69) is 23.7 Å². The summed E-state index contributed by atoms with van der Waals surface area (Å²) in [5, 5.41) is 0. The van der Waals surface area contributed by atoms with Gasteiger partial charge in [0.15, 0.2) is 11.6 Å². The fraction of sp³-hybridized carbons (Fsp3) is 0.429. The summed E-state index contributed by atoms with van der Waals surface area (Å²) in [6, 6.07) is 7.86. The van der Waals surface area contributed by atoms with E-state index in [-0.39, 0.29) is 5.54 Å². The number of nitrogen functional groups attached to an aromatic ring is 1. The zero-order valence-corrected chi connectivity index (χ0v) is 10.8. The first-order chi connectivity index (χ1) is 8.58. The molecule has 2 N–H and O–H groups in total. The second-order valence-corrected chi connectivity index (χ2v) is 5.49. The largest absolute Gasteiger partial charge is 0.381 e. The summed E-state index contributed by atoms with van der Waals surface area (Å²) in [4.78, 5) is 11.4. The third-order valence-corrected chi connectivity index (χ3v) is 3.73. The Bertz CT molecular complexity index is 591. The van der Waals surface area contributed by atoms with E-state index in [0.29, 0.717) is 5.82 Å². The molecule has 0 amide bonds. The number of fused-ring (bicyclic) bond motifs is 1. The van der Waals surface area contributed by atoms with E-state index in [0.717, 1.165) is 23.4 Å². The molecule has 0 saturated carbocycles. The van der Waals surface area contributed by atoms with Gasteiger partial charge in [0.1, 0.15) is 0 Å². The van der Waals surface area contributed by atoms with Crippen LogP contribution in [-0.4, -0.2) is 22.1 Å². The summed E-state index contributed by atoms with van der Waals surface area (Å²) in [5.74, 6) is 1.36. The van der Waals surface area contributed by atoms with Gasteiger partial charge in [0, 0.05) is 12.1 Å². The van der Waals surface area contributed by atoms with Crippen LogP contribution in [0.5, 0.6) is 0 Å². The topological polar surface area (TPSA) is 55.0 Å². The van der Waals surface area contributed by atoms with Gasteiger partial charge >= 0.3 is 0 Å². The Morgan fingerprint density at radius 3 is 2.44 bits per heavy atom. The van der Waals surface area contributed by atoms with E-state index >= 15 is 0 Å². The van der Waals surface area contributed by atoms with Crippen molar-refractivity contribution in [1.82, 2.24) is 9.97 Å². The van der Waals surface area contributed by atoms with Crippen molar-refractivity contribution >= 4 is 22.7 Å². The molecule has 3 rings (SSSR count). The number of anilines is 2. The van der Waals surface area contributed by atoms with Crippen LogP contribution in [0.1, 0.15) is 26.7 Å². The van der Waals surface area contributed by atoms with Crippen molar-refractivity contribution in [2.24, 2.45) is 0 Å². The standard InChI is InChI=1S/C14H18N4/c1-14(2)8-5-9-18(14)13-12(15)16-10-6-3-4-7-11(10)17-13/h3-4,6-7H,5,8-9H2,1-2H3,(H2,15,16). The van der Waals surface area contributed by atoms with Gasteiger partial charge in [-0.25, -0.2) is 9.97 Å². The van der Waals surface area contributed by atoms with Crippen LogP contribution in [0, 0.1) is 0 Å². The minimum absolute atomic E-state index is 0.116. The third-order valence-electron chi connectivity index (χ3n) is 3.73. The molecule has 1 aromatic carbocycles. The molecular weight excluding hydrogens is 224 g/mol. The lowest BCUT2D eigenvalue weighted by Gasteiger charge is -2.33. The molecule has 1 saturated heterocycles. The second-order valence-electron chi connectivity index (χ2n) is 5.49. The van der Waals surface area contributed by atoms with Crippen LogP contribution in [0.3, 0.4) is 0 Å². The van der Waals surface area contributed by atoms with Gasteiger partial charge in [-0.15, -0.1) is 0 Å². The summed E-state index contributed by atoms with van der Waals surface area (Å²) in [5.41, 5.74) is 7.95. The van der Waals surface area contributed by atoms with E-state index in [4.69, 9.17) is 10.7 Å². The summed E-state index contributed by atoms with van der Waals surface area (Å²) < 4.78 is 0. The molecule has 0 unspecified atom stereocenters. The highest BCUT2D eigenvalue weighted by molar-refractivity contribution is 5.80. The molecule has 18 heavy (non-hydrogen) atoms. The van der Waals surface area contributed by atoms with Crippen LogP contribution in [0.2, 0.25) is 0 Å². The lowest BCUT2D eigenvalue weighted by molar-refractivity contribution is 0.515. The number of aromatic nitrogens is 2. The van der Waals surface area contributed by atoms with E-state index in [1.165, 1.54) is 12.8 Å². The van der Waals surface area contributed by atoms with Crippen molar-refractivity contribution in [2.45, 2.75) is 32.2 Å². The average molecular weight is 242 g/mol. The Balaban J connectivity index is 2.14. The van der Waals surface area contributed by atoms with Crippen LogP contribution in [0.4, 0.5) is 11.6 Å². The van der Waals surface area contributed by atoms with Gasteiger partial charge < -0.3 is 10.6 Å². The second kappa shape index (κ2) is 3.83. The van der Waals surface area contributed by atoms with Crippen molar-refractivity contribution in [3.05, 3.63) is 24.3 Å². The molecule has 0 bridgehead atoms. The lowest BCUT2D eigenvalue weighted by Crippen LogP contribution is -2.39. The van der Waals surface area contributed by atoms with Gasteiger partial charge in [-0.2, -0.15) is 0 Å². The Morgan fingerprint density at radius 2 is 1.83 bits per heavy atom. The molecule has 0 atom stereocenters. The van der Waals surface area contributed by atoms with Crippen molar-refractivity contribution in [3.63, 3.8) is 0 Å². The van der Waals surface area contributed by atoms with Gasteiger partial charge in [0.05, 0.1) is 11.0 Å². The molecule has 4 heteroatoms. The highest BCUT2D eigenvalue weighted by Gasteiger charge is 2.34. The Kier molecular flexibility index (Phi) is 2.40. The predicted octanol–water partition coefficient (Wildman–Crippen LogP) is 2.59. The molecule has 0 spiro atoms. The monoisotopic (exact) mass is 242 g/mol. The summed E-state index contributed by atoms with van der Waals surface area (Å²) in [6.45, 7) is 5.47. The van der Waals surface area contributed by atoms with Crippen molar-refractivity contribution in [3.8, 4) is 0 Å². The fourth-order valence-corrected chi connectivity index (χ4v) is 2.70. The molecule has 1 aliphatic heterocycles. The maximum atomic E-state index is 6.07. The van der Waals surface area contributed by atoms with Crippen molar-refractivity contribution in [1.29, 1.82) is 0 Å². The maximum Gasteiger partial charge on any atom is 0.172 e. The Morgan fingerprint density at radius 1 is 1.17 bits per heavy atom. The first kappa shape index (κ1) is 11.3. The summed E-state index contributed by atoms with van der Waals surface area (Å²) in [7, 11) is 0. The summed E-state index contributed by atoms with van der Waals surface area (Å²) >= 11 is 0. The molecule has 2 heterocycles. The Hall–Kier alpha value is -1.84. The Labute approximate surface area is 107 Å². The SMILES string of the molecule is CC1(C)CCCN1c1nc2ccccc2nc1N. The smallest absolute Gasteiger partial charge is 0.172 e. The lowest BCUT2D eigenvalue weighted by atomic mass is 10.0. The maximum absolute atomic E-state index is 6.07. The highest BCUT2D eigenvalue weighted by atomic mass is 15.3. The normalized spacial score (nSPS) is 18.4. The number of rotatable bonds is 1. The van der Waals surface area contributed by atoms with Crippen LogP contribution in [0.15, 0.2) is 24.3 Å². The van der Waals surface area contributed by atoms with Gasteiger partial charge in [-0.1, -0.05) is 12.1 Å². The molecule has 1 fully saturated rings. The van der Waals surface area contributed by atoms with Crippen LogP contribution >= 0.6 is 0 Å². The number of benzene rings is 1. The zero-order chi connectivity index (χ0) is 12.8. The minimum atomic E-state index is 0.116. The molecule has 2 aromatic rings. The number of nitrogens with zero attached hydrogens (tertiary/aromatic N) is 3. The molecule has 94 valence electrons. The van der Waals surface area contributed by atoms with Gasteiger partial charge in [0.25, 0.3) is 0 Å². The van der Waals surface area contributed by atoms with E-state index in [1.54, 1.807) is 0 Å². The molecular formula is C14H18N4. The third kappa shape index (κ3) is 1.68. The first-order valence-electron chi connectivity index (χ1n) is 6.38. The summed E-state index contributed by atoms with van der Waals surface area (Å²) in [6.07, 6.45) is 2.35. The van der Waals surface area contributed by atoms with Gasteiger partial charge in [-0.05, 0) is 38.8 Å². The highest BCUT2D eigenvalue weighted by Crippen LogP contribution is 2.35. The quantitative estimate of drug-likeness (QED) is 0.835. The molecule has 0 radical (unpaired) electrons. The number of hydrogen-bond acceptors (Lipinski definition) is 4. The van der Waals surface area contributed by atoms with Gasteiger partial charge in [0.2, 0.25) is 0 Å². The van der Waals surface area contributed by atoms with E-state index in [1.807, 2.05) is 24.3 Å². The number of hydrogen-bond donors (Lipinski definition) is 1. The van der Waals surface area contributed by atoms with E-state index in [9.17, 15) is 0 Å². The minimum Gasteiger partial charge on any atom is -0.381 e. The van der Waals surface area contributed by atoms with Gasteiger partial charge in [-0.3, -0.25) is 0 Å². The van der Waals surface area contributed by atoms with E-state index < -0.39 is 0 Å². The molecule has 4 nitrogen and oxygen atoms in total. The molecule has 1 aromatic heterocycles. The van der Waals surface area contributed by atoms with Crippen molar-refractivity contribution in [2.75, 3.05) is 17.2 Å². The fourth-order valence-electron chi connectivity index (χ4n) is 2.70. The predicted molar refractivity (Wildman–Crippen MR) is 74.6 cm³/mol. The zero-order valence-electron chi connectivity index (χ0n) is 10.8. The number of nitrogens with two attached hydrogens (primary N) is 1. The number of para-hydroxylation sites is 2. The van der Waals surface area contributed by atoms with Crippen LogP contribution in [-0.2, 0) is 0 Å². The first-order valence-corrected chi connectivity index (χ1v) is 6.38. The van der Waals surface area contributed by atoms with Crippen LogP contribution in [0.25, 0.3) is 11.0 Å². The van der Waals surface area contributed by atoms with Crippen LogP contribution < -0.4 is 10.6 Å². The molecule has 0 aliphatic carbocycles. The van der Waals surface area contributed by atoms with Crippen molar-refractivity contribution < 1.29 is 0 Å². The molecule has 1 aliphatic rings. The average Bonchev–Trinajstić information content (AvgIpc) is 2.68.